The molecule has 1 heterocycles. The second kappa shape index (κ2) is 8.26. The van der Waals surface area contributed by atoms with Crippen LogP contribution in [0, 0.1) is 5.82 Å². The van der Waals surface area contributed by atoms with Gasteiger partial charge >= 0.3 is 11.9 Å². The van der Waals surface area contributed by atoms with Gasteiger partial charge in [0.1, 0.15) is 5.82 Å². The summed E-state index contributed by atoms with van der Waals surface area (Å²) < 4.78 is 28.4. The molecule has 2 aromatic carbocycles. The highest BCUT2D eigenvalue weighted by Crippen LogP contribution is 2.32. The van der Waals surface area contributed by atoms with Gasteiger partial charge in [-0.3, -0.25) is 0 Å². The fraction of sp³-hybridized carbons (Fsp3) is 0.100. The van der Waals surface area contributed by atoms with E-state index >= 15 is 0 Å². The smallest absolute Gasteiger partial charge is 0.360 e. The number of esters is 2. The maximum atomic E-state index is 13.2. The van der Waals surface area contributed by atoms with Crippen LogP contribution >= 0.6 is 0 Å². The molecule has 0 aliphatic carbocycles. The van der Waals surface area contributed by atoms with Gasteiger partial charge < -0.3 is 14.2 Å². The summed E-state index contributed by atoms with van der Waals surface area (Å²) in [6, 6.07) is 13.5. The number of hydrogen-bond acceptors (Lipinski definition) is 7. The van der Waals surface area contributed by atoms with Gasteiger partial charge in [0.05, 0.1) is 19.8 Å². The van der Waals surface area contributed by atoms with Gasteiger partial charge in [-0.2, -0.15) is 4.98 Å². The first-order valence-electron chi connectivity index (χ1n) is 8.11. The standard InChI is InChI=1S/C20H15FN2O5/c1-26-18-16(28-19(24)13-6-4-3-5-7-13)15(20(25)27-2)22-17(23-18)12-8-10-14(21)11-9-12/h3-11H,1-2H3. The summed E-state index contributed by atoms with van der Waals surface area (Å²) in [5, 5.41) is 0. The highest BCUT2D eigenvalue weighted by Gasteiger charge is 2.26. The van der Waals surface area contributed by atoms with Crippen LogP contribution in [0.5, 0.6) is 11.6 Å². The fourth-order valence-electron chi connectivity index (χ4n) is 2.35. The van der Waals surface area contributed by atoms with E-state index in [0.717, 1.165) is 7.11 Å². The molecule has 0 aliphatic heterocycles. The van der Waals surface area contributed by atoms with Gasteiger partial charge in [-0.05, 0) is 36.4 Å². The summed E-state index contributed by atoms with van der Waals surface area (Å²) in [5.74, 6) is -2.33. The van der Waals surface area contributed by atoms with Crippen molar-refractivity contribution in [1.29, 1.82) is 0 Å². The van der Waals surface area contributed by atoms with Gasteiger partial charge in [0.15, 0.2) is 11.5 Å². The molecule has 1 aromatic heterocycles. The van der Waals surface area contributed by atoms with Gasteiger partial charge in [-0.15, -0.1) is 0 Å². The number of nitrogens with zero attached hydrogens (tertiary/aromatic N) is 2. The lowest BCUT2D eigenvalue weighted by molar-refractivity contribution is 0.0583. The van der Waals surface area contributed by atoms with Crippen LogP contribution < -0.4 is 9.47 Å². The first-order valence-corrected chi connectivity index (χ1v) is 8.11. The number of hydrogen-bond donors (Lipinski definition) is 0. The number of carbonyl (C=O) groups excluding carboxylic acids is 2. The van der Waals surface area contributed by atoms with Crippen molar-refractivity contribution in [3.63, 3.8) is 0 Å². The molecule has 0 spiro atoms. The Kier molecular flexibility index (Phi) is 5.59. The fourth-order valence-corrected chi connectivity index (χ4v) is 2.35. The lowest BCUT2D eigenvalue weighted by atomic mass is 10.2. The van der Waals surface area contributed by atoms with Gasteiger partial charge in [-0.1, -0.05) is 18.2 Å². The molecular weight excluding hydrogens is 367 g/mol. The van der Waals surface area contributed by atoms with E-state index in [4.69, 9.17) is 14.2 Å². The zero-order chi connectivity index (χ0) is 20.1. The zero-order valence-corrected chi connectivity index (χ0v) is 15.0. The van der Waals surface area contributed by atoms with Crippen molar-refractivity contribution in [2.45, 2.75) is 0 Å². The summed E-state index contributed by atoms with van der Waals surface area (Å²) in [7, 11) is 2.47. The van der Waals surface area contributed by atoms with Crippen molar-refractivity contribution in [3.8, 4) is 23.0 Å². The van der Waals surface area contributed by atoms with Crippen LogP contribution in [-0.2, 0) is 4.74 Å². The minimum Gasteiger partial charge on any atom is -0.478 e. The molecule has 3 rings (SSSR count). The molecule has 0 saturated heterocycles. The third-order valence-electron chi connectivity index (χ3n) is 3.71. The SMILES string of the molecule is COC(=O)c1nc(-c2ccc(F)cc2)nc(OC)c1OC(=O)c1ccccc1. The third kappa shape index (κ3) is 3.96. The molecule has 0 amide bonds. The van der Waals surface area contributed by atoms with E-state index in [1.165, 1.54) is 31.4 Å². The lowest BCUT2D eigenvalue weighted by Crippen LogP contribution is -2.16. The summed E-state index contributed by atoms with van der Waals surface area (Å²) in [4.78, 5) is 33.0. The molecule has 0 N–H and O–H groups in total. The Balaban J connectivity index is 2.08. The van der Waals surface area contributed by atoms with E-state index in [2.05, 4.69) is 9.97 Å². The predicted octanol–water partition coefficient (Wildman–Crippen LogP) is 3.30. The molecule has 28 heavy (non-hydrogen) atoms. The molecule has 7 nitrogen and oxygen atoms in total. The Labute approximate surface area is 159 Å². The number of aromatic nitrogens is 2. The molecule has 0 fully saturated rings. The average molecular weight is 382 g/mol. The average Bonchev–Trinajstić information content (AvgIpc) is 2.74. The van der Waals surface area contributed by atoms with Gasteiger partial charge in [0.25, 0.3) is 5.88 Å². The Morgan fingerprint density at radius 1 is 0.893 bits per heavy atom. The summed E-state index contributed by atoms with van der Waals surface area (Å²) in [6.07, 6.45) is 0. The third-order valence-corrected chi connectivity index (χ3v) is 3.71. The van der Waals surface area contributed by atoms with E-state index < -0.39 is 17.8 Å². The van der Waals surface area contributed by atoms with E-state index in [0.29, 0.717) is 5.56 Å². The Bertz CT molecular complexity index is 1010. The normalized spacial score (nSPS) is 10.2. The quantitative estimate of drug-likeness (QED) is 0.626. The first-order chi connectivity index (χ1) is 13.5. The Morgan fingerprint density at radius 3 is 2.18 bits per heavy atom. The van der Waals surface area contributed by atoms with Crippen molar-refractivity contribution in [1.82, 2.24) is 9.97 Å². The molecule has 0 aliphatic rings. The van der Waals surface area contributed by atoms with Crippen molar-refractivity contribution in [2.24, 2.45) is 0 Å². The Hall–Kier alpha value is -3.81. The van der Waals surface area contributed by atoms with Crippen molar-refractivity contribution in [3.05, 3.63) is 71.7 Å². The number of rotatable bonds is 5. The van der Waals surface area contributed by atoms with Crippen molar-refractivity contribution in [2.75, 3.05) is 14.2 Å². The van der Waals surface area contributed by atoms with Crippen LogP contribution in [-0.4, -0.2) is 36.1 Å². The van der Waals surface area contributed by atoms with E-state index in [9.17, 15) is 14.0 Å². The molecule has 3 aromatic rings. The summed E-state index contributed by atoms with van der Waals surface area (Å²) >= 11 is 0. The van der Waals surface area contributed by atoms with Gasteiger partial charge in [0.2, 0.25) is 5.75 Å². The maximum absolute atomic E-state index is 13.2. The number of halogens is 1. The summed E-state index contributed by atoms with van der Waals surface area (Å²) in [6.45, 7) is 0. The monoisotopic (exact) mass is 382 g/mol. The molecule has 0 saturated carbocycles. The second-order valence-electron chi connectivity index (χ2n) is 5.49. The van der Waals surface area contributed by atoms with E-state index in [-0.39, 0.29) is 28.7 Å². The first kappa shape index (κ1) is 19.0. The minimum absolute atomic E-state index is 0.0803. The van der Waals surface area contributed by atoms with Crippen LogP contribution in [0.1, 0.15) is 20.8 Å². The van der Waals surface area contributed by atoms with Crippen LogP contribution in [0.15, 0.2) is 54.6 Å². The number of benzene rings is 2. The van der Waals surface area contributed by atoms with Crippen LogP contribution in [0.4, 0.5) is 4.39 Å². The van der Waals surface area contributed by atoms with Crippen LogP contribution in [0.2, 0.25) is 0 Å². The highest BCUT2D eigenvalue weighted by molar-refractivity contribution is 5.96. The topological polar surface area (TPSA) is 87.6 Å². The predicted molar refractivity (Wildman–Crippen MR) is 96.7 cm³/mol. The van der Waals surface area contributed by atoms with E-state index in [1.54, 1.807) is 30.3 Å². The minimum atomic E-state index is -0.847. The van der Waals surface area contributed by atoms with Crippen LogP contribution in [0.3, 0.4) is 0 Å². The molecule has 0 atom stereocenters. The molecule has 142 valence electrons. The van der Waals surface area contributed by atoms with Crippen LogP contribution in [0.25, 0.3) is 11.4 Å². The number of ether oxygens (including phenoxy) is 3. The number of carbonyl (C=O) groups is 2. The Morgan fingerprint density at radius 2 is 1.57 bits per heavy atom. The maximum Gasteiger partial charge on any atom is 0.360 e. The van der Waals surface area contributed by atoms with E-state index in [1.807, 2.05) is 0 Å². The van der Waals surface area contributed by atoms with Crippen molar-refractivity contribution < 1.29 is 28.2 Å². The lowest BCUT2D eigenvalue weighted by Gasteiger charge is -2.13. The molecule has 0 bridgehead atoms. The zero-order valence-electron chi connectivity index (χ0n) is 15.0. The highest BCUT2D eigenvalue weighted by atomic mass is 19.1. The van der Waals surface area contributed by atoms with Crippen molar-refractivity contribution >= 4 is 11.9 Å². The largest absolute Gasteiger partial charge is 0.478 e. The van der Waals surface area contributed by atoms with Gasteiger partial charge in [-0.25, -0.2) is 19.0 Å². The molecular formula is C20H15FN2O5. The van der Waals surface area contributed by atoms with Gasteiger partial charge in [0, 0.05) is 5.56 Å². The summed E-state index contributed by atoms with van der Waals surface area (Å²) in [5.41, 5.74) is 0.409. The molecule has 8 heteroatoms. The molecule has 0 unspecified atom stereocenters. The molecule has 0 radical (unpaired) electrons. The number of methoxy groups -OCH3 is 2. The second-order valence-corrected chi connectivity index (χ2v) is 5.49.